The molecule has 0 fully saturated rings. The molecule has 0 saturated carbocycles. The van der Waals surface area contributed by atoms with Gasteiger partial charge in [-0.3, -0.25) is 9.10 Å². The van der Waals surface area contributed by atoms with Crippen molar-refractivity contribution >= 4 is 21.6 Å². The zero-order valence-electron chi connectivity index (χ0n) is 16.9. The zero-order valence-corrected chi connectivity index (χ0v) is 17.7. The molecule has 0 unspecified atom stereocenters. The van der Waals surface area contributed by atoms with Gasteiger partial charge in [-0.1, -0.05) is 12.1 Å². The van der Waals surface area contributed by atoms with Crippen LogP contribution < -0.4 is 13.8 Å². The van der Waals surface area contributed by atoms with E-state index < -0.39 is 28.3 Å². The Bertz CT molecular complexity index is 961. The van der Waals surface area contributed by atoms with E-state index in [1.54, 1.807) is 13.8 Å². The number of nitrogens with zero attached hydrogens (tertiary/aromatic N) is 2. The number of hydrogen-bond donors (Lipinski definition) is 0. The van der Waals surface area contributed by atoms with E-state index in [2.05, 4.69) is 0 Å². The van der Waals surface area contributed by atoms with Crippen LogP contribution in [0.2, 0.25) is 0 Å². The number of para-hydroxylation sites is 1. The highest BCUT2D eigenvalue weighted by molar-refractivity contribution is 7.92. The van der Waals surface area contributed by atoms with Crippen molar-refractivity contribution in [3.8, 4) is 11.5 Å². The van der Waals surface area contributed by atoms with Gasteiger partial charge in [0.05, 0.1) is 24.8 Å². The van der Waals surface area contributed by atoms with Gasteiger partial charge in [0, 0.05) is 19.2 Å². The number of amides is 1. The monoisotopic (exact) mass is 424 g/mol. The van der Waals surface area contributed by atoms with E-state index in [0.717, 1.165) is 10.4 Å². The highest BCUT2D eigenvalue weighted by Crippen LogP contribution is 2.32. The van der Waals surface area contributed by atoms with Crippen molar-refractivity contribution in [1.82, 2.24) is 4.90 Å². The van der Waals surface area contributed by atoms with Crippen LogP contribution in [0.25, 0.3) is 0 Å². The number of hydrogen-bond acceptors (Lipinski definition) is 5. The van der Waals surface area contributed by atoms with Gasteiger partial charge in [0.1, 0.15) is 12.4 Å². The molecule has 0 aliphatic heterocycles. The SMILES string of the molecule is CCN(CC)C(=O)CN(c1ccccc1F)S(=O)(=O)c1ccc(OC)c(OC)c1. The van der Waals surface area contributed by atoms with Crippen LogP contribution in [0.15, 0.2) is 47.4 Å². The smallest absolute Gasteiger partial charge is 0.265 e. The van der Waals surface area contributed by atoms with Gasteiger partial charge < -0.3 is 14.4 Å². The van der Waals surface area contributed by atoms with Crippen LogP contribution in [0, 0.1) is 5.82 Å². The van der Waals surface area contributed by atoms with Crippen LogP contribution in [0.5, 0.6) is 11.5 Å². The zero-order chi connectivity index (χ0) is 21.6. The number of benzene rings is 2. The Kier molecular flexibility index (Phi) is 7.44. The van der Waals surface area contributed by atoms with E-state index in [0.29, 0.717) is 18.8 Å². The highest BCUT2D eigenvalue weighted by Gasteiger charge is 2.31. The number of anilines is 1. The lowest BCUT2D eigenvalue weighted by atomic mass is 10.3. The fraction of sp³-hybridized carbons (Fsp3) is 0.350. The average Bonchev–Trinajstić information content (AvgIpc) is 2.72. The van der Waals surface area contributed by atoms with Crippen LogP contribution in [0.4, 0.5) is 10.1 Å². The Morgan fingerprint density at radius 3 is 2.17 bits per heavy atom. The maximum absolute atomic E-state index is 14.5. The van der Waals surface area contributed by atoms with Gasteiger partial charge in [-0.05, 0) is 38.1 Å². The molecule has 7 nitrogen and oxygen atoms in total. The first kappa shape index (κ1) is 22.5. The lowest BCUT2D eigenvalue weighted by Gasteiger charge is -2.27. The number of sulfonamides is 1. The Labute approximate surface area is 170 Å². The molecule has 9 heteroatoms. The summed E-state index contributed by atoms with van der Waals surface area (Å²) in [6.45, 7) is 3.88. The fourth-order valence-electron chi connectivity index (χ4n) is 2.86. The lowest BCUT2D eigenvalue weighted by molar-refractivity contribution is -0.129. The first-order valence-electron chi connectivity index (χ1n) is 9.07. The molecule has 0 N–H and O–H groups in total. The van der Waals surface area contributed by atoms with Gasteiger partial charge in [0.2, 0.25) is 5.91 Å². The molecular formula is C20H25FN2O5S. The topological polar surface area (TPSA) is 76.2 Å². The summed E-state index contributed by atoms with van der Waals surface area (Å²) < 4.78 is 52.3. The predicted molar refractivity (Wildman–Crippen MR) is 108 cm³/mol. The van der Waals surface area contributed by atoms with Crippen molar-refractivity contribution in [3.05, 3.63) is 48.3 Å². The van der Waals surface area contributed by atoms with E-state index in [1.165, 1.54) is 55.5 Å². The first-order chi connectivity index (χ1) is 13.8. The summed E-state index contributed by atoms with van der Waals surface area (Å²) in [5.74, 6) is -0.619. The van der Waals surface area contributed by atoms with E-state index in [9.17, 15) is 17.6 Å². The van der Waals surface area contributed by atoms with Gasteiger partial charge in [-0.15, -0.1) is 0 Å². The van der Waals surface area contributed by atoms with Gasteiger partial charge in [0.15, 0.2) is 11.5 Å². The lowest BCUT2D eigenvalue weighted by Crippen LogP contribution is -2.43. The molecule has 2 aromatic rings. The molecular weight excluding hydrogens is 399 g/mol. The van der Waals surface area contributed by atoms with Crippen molar-refractivity contribution in [2.75, 3.05) is 38.2 Å². The number of halogens is 1. The van der Waals surface area contributed by atoms with Gasteiger partial charge in [0.25, 0.3) is 10.0 Å². The number of carbonyl (C=O) groups is 1. The third kappa shape index (κ3) is 4.79. The number of ether oxygens (including phenoxy) is 2. The van der Waals surface area contributed by atoms with Crippen LogP contribution >= 0.6 is 0 Å². The highest BCUT2D eigenvalue weighted by atomic mass is 32.2. The Hall–Kier alpha value is -2.81. The summed E-state index contributed by atoms with van der Waals surface area (Å²) in [5.41, 5.74) is -0.206. The quantitative estimate of drug-likeness (QED) is 0.619. The minimum atomic E-state index is -4.27. The normalized spacial score (nSPS) is 11.1. The van der Waals surface area contributed by atoms with E-state index in [1.807, 2.05) is 0 Å². The molecule has 0 atom stereocenters. The van der Waals surface area contributed by atoms with E-state index in [-0.39, 0.29) is 16.3 Å². The number of likely N-dealkylation sites (N-methyl/N-ethyl adjacent to an activating group) is 1. The van der Waals surface area contributed by atoms with Crippen molar-refractivity contribution in [1.29, 1.82) is 0 Å². The summed E-state index contributed by atoms with van der Waals surface area (Å²) >= 11 is 0. The molecule has 0 aromatic heterocycles. The van der Waals surface area contributed by atoms with Crippen molar-refractivity contribution in [2.45, 2.75) is 18.7 Å². The molecule has 2 rings (SSSR count). The van der Waals surface area contributed by atoms with Gasteiger partial charge >= 0.3 is 0 Å². The van der Waals surface area contributed by atoms with Crippen LogP contribution in [0.3, 0.4) is 0 Å². The molecule has 0 heterocycles. The maximum atomic E-state index is 14.5. The second-order valence-electron chi connectivity index (χ2n) is 6.05. The average molecular weight is 424 g/mol. The van der Waals surface area contributed by atoms with Crippen LogP contribution in [0.1, 0.15) is 13.8 Å². The molecule has 0 aliphatic rings. The molecule has 0 saturated heterocycles. The molecule has 29 heavy (non-hydrogen) atoms. The Morgan fingerprint density at radius 1 is 1.00 bits per heavy atom. The first-order valence-corrected chi connectivity index (χ1v) is 10.5. The van der Waals surface area contributed by atoms with Crippen molar-refractivity contribution in [2.24, 2.45) is 0 Å². The third-order valence-electron chi connectivity index (χ3n) is 4.46. The van der Waals surface area contributed by atoms with Gasteiger partial charge in [-0.25, -0.2) is 12.8 Å². The van der Waals surface area contributed by atoms with Crippen LogP contribution in [-0.4, -0.2) is 53.1 Å². The molecule has 0 spiro atoms. The fourth-order valence-corrected chi connectivity index (χ4v) is 4.29. The van der Waals surface area contributed by atoms with Crippen LogP contribution in [-0.2, 0) is 14.8 Å². The molecule has 0 bridgehead atoms. The maximum Gasteiger partial charge on any atom is 0.265 e. The summed E-state index contributed by atoms with van der Waals surface area (Å²) in [5, 5.41) is 0. The second kappa shape index (κ2) is 9.60. The molecule has 2 aromatic carbocycles. The summed E-state index contributed by atoms with van der Waals surface area (Å²) in [7, 11) is -1.46. The minimum Gasteiger partial charge on any atom is -0.493 e. The standard InChI is InChI=1S/C20H25FN2O5S/c1-5-22(6-2)20(24)14-23(17-10-8-7-9-16(17)21)29(25,26)15-11-12-18(27-3)19(13-15)28-4/h7-13H,5-6,14H2,1-4H3. The second-order valence-corrected chi connectivity index (χ2v) is 7.91. The molecule has 0 radical (unpaired) electrons. The van der Waals surface area contributed by atoms with Gasteiger partial charge in [-0.2, -0.15) is 0 Å². The molecule has 0 aliphatic carbocycles. The summed E-state index contributed by atoms with van der Waals surface area (Å²) in [6.07, 6.45) is 0. The Balaban J connectivity index is 2.58. The number of rotatable bonds is 9. The predicted octanol–water partition coefficient (Wildman–Crippen LogP) is 2.91. The third-order valence-corrected chi connectivity index (χ3v) is 6.21. The van der Waals surface area contributed by atoms with Crippen molar-refractivity contribution < 1.29 is 27.1 Å². The Morgan fingerprint density at radius 2 is 1.62 bits per heavy atom. The van der Waals surface area contributed by atoms with Crippen molar-refractivity contribution in [3.63, 3.8) is 0 Å². The largest absolute Gasteiger partial charge is 0.493 e. The van der Waals surface area contributed by atoms with E-state index >= 15 is 0 Å². The summed E-state index contributed by atoms with van der Waals surface area (Å²) in [6, 6.07) is 9.48. The minimum absolute atomic E-state index is 0.147. The molecule has 1 amide bonds. The molecule has 158 valence electrons. The number of carbonyl (C=O) groups excluding carboxylic acids is 1. The van der Waals surface area contributed by atoms with E-state index in [4.69, 9.17) is 9.47 Å². The number of methoxy groups -OCH3 is 2. The summed E-state index contributed by atoms with van der Waals surface area (Å²) in [4.78, 5) is 14.0.